The lowest BCUT2D eigenvalue weighted by molar-refractivity contribution is -0.00000591. The van der Waals surface area contributed by atoms with Gasteiger partial charge in [0.1, 0.15) is 11.5 Å². The van der Waals surface area contributed by atoms with Crippen LogP contribution in [-0.2, 0) is 10.9 Å². The van der Waals surface area contributed by atoms with Gasteiger partial charge in [0.05, 0.1) is 6.26 Å². The molecule has 0 atom stereocenters. The van der Waals surface area contributed by atoms with E-state index in [-0.39, 0.29) is 12.4 Å². The first-order valence-electron chi connectivity index (χ1n) is 12.4. The average Bonchev–Trinajstić information content (AvgIpc) is 2.64. The lowest BCUT2D eigenvalue weighted by atomic mass is 10.1. The van der Waals surface area contributed by atoms with Gasteiger partial charge in [-0.15, -0.1) is 0 Å². The highest BCUT2D eigenvalue weighted by atomic mass is 35.5. The molecule has 0 rings (SSSR count). The second-order valence-electron chi connectivity index (χ2n) is 8.55. The van der Waals surface area contributed by atoms with Crippen molar-refractivity contribution >= 4 is 10.9 Å². The van der Waals surface area contributed by atoms with Gasteiger partial charge in [-0.05, 0) is 36.6 Å². The molecule has 0 aromatic carbocycles. The molecule has 2 heteroatoms. The molecule has 0 aromatic rings. The molecule has 0 N–H and O–H groups in total. The maximum absolute atomic E-state index is 2.52. The van der Waals surface area contributed by atoms with E-state index in [9.17, 15) is 0 Å². The van der Waals surface area contributed by atoms with Crippen LogP contribution in [0, 0.1) is 0 Å². The van der Waals surface area contributed by atoms with Gasteiger partial charge >= 0.3 is 0 Å². The highest BCUT2D eigenvalue weighted by Gasteiger charge is 2.09. The summed E-state index contributed by atoms with van der Waals surface area (Å²) in [6.07, 6.45) is 31.9. The van der Waals surface area contributed by atoms with Crippen molar-refractivity contribution in [2.45, 2.75) is 142 Å². The van der Waals surface area contributed by atoms with Gasteiger partial charge < -0.3 is 12.4 Å². The molecular formula is C25H53ClS. The highest BCUT2D eigenvalue weighted by Crippen LogP contribution is 2.13. The molecule has 0 spiro atoms. The van der Waals surface area contributed by atoms with E-state index in [1.165, 1.54) is 140 Å². The Hall–Kier alpha value is 0.640. The summed E-state index contributed by atoms with van der Waals surface area (Å²) >= 11 is 0. The Labute approximate surface area is 183 Å². The summed E-state index contributed by atoms with van der Waals surface area (Å²) in [4.78, 5) is 0. The Bertz CT molecular complexity index is 220. The first-order valence-corrected chi connectivity index (χ1v) is 14.4. The molecule has 0 aromatic heterocycles. The topological polar surface area (TPSA) is 0 Å². The van der Waals surface area contributed by atoms with Gasteiger partial charge in [-0.3, -0.25) is 0 Å². The van der Waals surface area contributed by atoms with Gasteiger partial charge in [-0.25, -0.2) is 0 Å². The fourth-order valence-corrected chi connectivity index (χ4v) is 5.37. The van der Waals surface area contributed by atoms with Crippen LogP contribution < -0.4 is 12.4 Å². The second-order valence-corrected chi connectivity index (χ2v) is 10.9. The van der Waals surface area contributed by atoms with Crippen molar-refractivity contribution in [3.8, 4) is 0 Å². The minimum atomic E-state index is 0. The van der Waals surface area contributed by atoms with Crippen molar-refractivity contribution in [1.29, 1.82) is 0 Å². The maximum Gasteiger partial charge on any atom is 0.107 e. The minimum Gasteiger partial charge on any atom is -1.00 e. The van der Waals surface area contributed by atoms with Crippen molar-refractivity contribution in [2.24, 2.45) is 0 Å². The zero-order chi connectivity index (χ0) is 19.1. The monoisotopic (exact) mass is 420 g/mol. The molecule has 0 amide bonds. The summed E-state index contributed by atoms with van der Waals surface area (Å²) in [7, 11) is 0.705. The number of unbranched alkanes of at least 4 members (excludes halogenated alkanes) is 18. The van der Waals surface area contributed by atoms with E-state index >= 15 is 0 Å². The Morgan fingerprint density at radius 3 is 0.852 bits per heavy atom. The molecule has 27 heavy (non-hydrogen) atoms. The average molecular weight is 421 g/mol. The van der Waals surface area contributed by atoms with Crippen LogP contribution >= 0.6 is 0 Å². The number of hydrogen-bond acceptors (Lipinski definition) is 0. The fraction of sp³-hybridized carbons (Fsp3) is 1.00. The van der Waals surface area contributed by atoms with E-state index in [1.807, 2.05) is 0 Å². The molecule has 0 saturated heterocycles. The minimum absolute atomic E-state index is 0. The van der Waals surface area contributed by atoms with Crippen molar-refractivity contribution in [3.63, 3.8) is 0 Å². The Morgan fingerprint density at radius 1 is 0.370 bits per heavy atom. The van der Waals surface area contributed by atoms with Crippen molar-refractivity contribution in [2.75, 3.05) is 17.8 Å². The van der Waals surface area contributed by atoms with Crippen molar-refractivity contribution in [3.05, 3.63) is 0 Å². The van der Waals surface area contributed by atoms with E-state index in [0.717, 1.165) is 0 Å². The van der Waals surface area contributed by atoms with Gasteiger partial charge in [0, 0.05) is 0 Å². The quantitative estimate of drug-likeness (QED) is 0.147. The fourth-order valence-electron chi connectivity index (χ4n) is 3.77. The molecule has 0 radical (unpaired) electrons. The van der Waals surface area contributed by atoms with E-state index in [0.29, 0.717) is 10.9 Å². The summed E-state index contributed by atoms with van der Waals surface area (Å²) < 4.78 is 0. The molecule has 0 aliphatic carbocycles. The largest absolute Gasteiger partial charge is 1.00 e. The third-order valence-corrected chi connectivity index (χ3v) is 7.66. The number of hydrogen-bond donors (Lipinski definition) is 0. The molecule has 0 aliphatic rings. The lowest BCUT2D eigenvalue weighted by Crippen LogP contribution is -3.00. The van der Waals surface area contributed by atoms with Crippen LogP contribution in [0.4, 0.5) is 0 Å². The molecule has 0 saturated carbocycles. The molecule has 0 bridgehead atoms. The lowest BCUT2D eigenvalue weighted by Gasteiger charge is -2.05. The van der Waals surface area contributed by atoms with Gasteiger partial charge in [0.15, 0.2) is 0 Å². The van der Waals surface area contributed by atoms with E-state index in [2.05, 4.69) is 20.1 Å². The first kappa shape index (κ1) is 29.8. The molecule has 0 nitrogen and oxygen atoms in total. The third kappa shape index (κ3) is 26.6. The zero-order valence-electron chi connectivity index (χ0n) is 19.3. The van der Waals surface area contributed by atoms with E-state index < -0.39 is 0 Å². The van der Waals surface area contributed by atoms with Gasteiger partial charge in [-0.1, -0.05) is 117 Å². The predicted molar refractivity (Wildman–Crippen MR) is 127 cm³/mol. The highest BCUT2D eigenvalue weighted by molar-refractivity contribution is 7.96. The van der Waals surface area contributed by atoms with Crippen LogP contribution in [0.1, 0.15) is 142 Å². The standard InChI is InChI=1S/C25H53S.ClH/c1-4-6-8-10-12-14-16-18-20-22-24-26(3)25-23-21-19-17-15-13-11-9-7-5-2;/h4-25H2,1-3H3;1H/q+1;/p-1. The molecule has 0 aliphatic heterocycles. The maximum atomic E-state index is 2.52. The summed E-state index contributed by atoms with van der Waals surface area (Å²) in [5.41, 5.74) is 0. The van der Waals surface area contributed by atoms with E-state index in [4.69, 9.17) is 0 Å². The first-order chi connectivity index (χ1) is 12.8. The number of halogens is 1. The van der Waals surface area contributed by atoms with Crippen LogP contribution in [-0.4, -0.2) is 17.8 Å². The van der Waals surface area contributed by atoms with Crippen LogP contribution in [0.15, 0.2) is 0 Å². The normalized spacial score (nSPS) is 11.1. The number of rotatable bonds is 22. The van der Waals surface area contributed by atoms with Crippen LogP contribution in [0.25, 0.3) is 0 Å². The molecule has 0 heterocycles. The van der Waals surface area contributed by atoms with E-state index in [1.54, 1.807) is 0 Å². The third-order valence-electron chi connectivity index (χ3n) is 5.69. The van der Waals surface area contributed by atoms with Crippen LogP contribution in [0.2, 0.25) is 0 Å². The van der Waals surface area contributed by atoms with Gasteiger partial charge in [0.2, 0.25) is 0 Å². The van der Waals surface area contributed by atoms with Crippen LogP contribution in [0.3, 0.4) is 0 Å². The van der Waals surface area contributed by atoms with Crippen molar-refractivity contribution in [1.82, 2.24) is 0 Å². The Kier molecular flexibility index (Phi) is 29.4. The van der Waals surface area contributed by atoms with Crippen LogP contribution in [0.5, 0.6) is 0 Å². The molecule has 0 unspecified atom stereocenters. The smallest absolute Gasteiger partial charge is 0.107 e. The van der Waals surface area contributed by atoms with Gasteiger partial charge in [0.25, 0.3) is 0 Å². The molecular weight excluding hydrogens is 368 g/mol. The predicted octanol–water partition coefficient (Wildman–Crippen LogP) is 6.08. The second kappa shape index (κ2) is 26.6. The molecule has 166 valence electrons. The summed E-state index contributed by atoms with van der Waals surface area (Å²) in [6, 6.07) is 0. The SMILES string of the molecule is CCCCCCCCCCCC[S+](C)CCCCCCCCCCCC.[Cl-]. The zero-order valence-corrected chi connectivity index (χ0v) is 20.9. The Morgan fingerprint density at radius 2 is 0.593 bits per heavy atom. The summed E-state index contributed by atoms with van der Waals surface area (Å²) in [5, 5.41) is 0. The van der Waals surface area contributed by atoms with Crippen molar-refractivity contribution < 1.29 is 12.4 Å². The summed E-state index contributed by atoms with van der Waals surface area (Å²) in [6.45, 7) is 4.61. The van der Waals surface area contributed by atoms with Gasteiger partial charge in [-0.2, -0.15) is 0 Å². The Balaban J connectivity index is 0. The molecule has 0 fully saturated rings. The summed E-state index contributed by atoms with van der Waals surface area (Å²) in [5.74, 6) is 3.02.